The summed E-state index contributed by atoms with van der Waals surface area (Å²) in [4.78, 5) is 0. The van der Waals surface area contributed by atoms with Crippen LogP contribution >= 0.6 is 0 Å². The minimum Gasteiger partial charge on any atom is -0.508 e. The van der Waals surface area contributed by atoms with Gasteiger partial charge >= 0.3 is 0 Å². The molecular formula is C19H26O2. The summed E-state index contributed by atoms with van der Waals surface area (Å²) in [6, 6.07) is 5.97. The van der Waals surface area contributed by atoms with Gasteiger partial charge in [-0.05, 0) is 84.5 Å². The number of hydrogen-bond acceptors (Lipinski definition) is 2. The van der Waals surface area contributed by atoms with E-state index in [1.54, 1.807) is 0 Å². The van der Waals surface area contributed by atoms with Crippen molar-refractivity contribution in [3.63, 3.8) is 0 Å². The predicted octanol–water partition coefficient (Wildman–Crippen LogP) is 4.00. The number of benzene rings is 1. The van der Waals surface area contributed by atoms with Crippen LogP contribution < -0.4 is 0 Å². The van der Waals surface area contributed by atoms with Crippen LogP contribution in [-0.2, 0) is 6.42 Å². The molecule has 2 unspecified atom stereocenters. The summed E-state index contributed by atoms with van der Waals surface area (Å²) in [5, 5.41) is 20.2. The summed E-state index contributed by atoms with van der Waals surface area (Å²) in [5.74, 6) is 1.64. The number of aliphatic hydroxyl groups excluding tert-OH is 1. The van der Waals surface area contributed by atoms with Gasteiger partial charge < -0.3 is 10.2 Å². The van der Waals surface area contributed by atoms with Gasteiger partial charge in [-0.25, -0.2) is 0 Å². The average molecular weight is 286 g/mol. The standard InChI is InChI=1S/C19H26O2/c1-18-9-7-12-11-13(20)3-4-14(12)15(18)8-10-19(2)16(18)5-6-17(19)21/h3-4,11,15-17,20-21H,5-10H2,1-2H3/t15-,16+,17?,18-,19?/m1/s1. The fourth-order valence-corrected chi connectivity index (χ4v) is 6.08. The number of fused-ring (bicyclic) bond motifs is 5. The van der Waals surface area contributed by atoms with Crippen molar-refractivity contribution >= 4 is 0 Å². The lowest BCUT2D eigenvalue weighted by atomic mass is 9.48. The first-order valence-corrected chi connectivity index (χ1v) is 8.45. The Bertz CT molecular complexity index is 581. The van der Waals surface area contributed by atoms with E-state index in [0.717, 1.165) is 19.3 Å². The molecule has 0 aliphatic heterocycles. The normalized spacial score (nSPS) is 44.8. The molecule has 0 bridgehead atoms. The summed E-state index contributed by atoms with van der Waals surface area (Å²) in [6.45, 7) is 4.79. The summed E-state index contributed by atoms with van der Waals surface area (Å²) in [5.41, 5.74) is 3.25. The number of rotatable bonds is 0. The maximum Gasteiger partial charge on any atom is 0.115 e. The molecule has 0 heterocycles. The molecule has 0 amide bonds. The van der Waals surface area contributed by atoms with Crippen molar-refractivity contribution in [2.45, 2.75) is 64.4 Å². The van der Waals surface area contributed by atoms with Crippen LogP contribution in [-0.4, -0.2) is 16.3 Å². The highest BCUT2D eigenvalue weighted by Crippen LogP contribution is 2.66. The van der Waals surface area contributed by atoms with Gasteiger partial charge in [-0.2, -0.15) is 0 Å². The second-order valence-electron chi connectivity index (χ2n) is 8.13. The van der Waals surface area contributed by atoms with Crippen LogP contribution in [0.4, 0.5) is 0 Å². The number of aliphatic hydroxyl groups is 1. The van der Waals surface area contributed by atoms with Crippen LogP contribution in [0.3, 0.4) is 0 Å². The molecule has 0 aromatic heterocycles. The zero-order valence-corrected chi connectivity index (χ0v) is 13.1. The van der Waals surface area contributed by atoms with Gasteiger partial charge in [0.05, 0.1) is 6.10 Å². The quantitative estimate of drug-likeness (QED) is 0.757. The molecule has 2 heteroatoms. The maximum atomic E-state index is 10.5. The molecule has 2 saturated carbocycles. The first kappa shape index (κ1) is 13.6. The minimum absolute atomic E-state index is 0.110. The molecular weight excluding hydrogens is 260 g/mol. The molecule has 0 saturated heterocycles. The SMILES string of the molecule is CC12CC[C@@H]3c4ccc(O)cc4CC[C@@]3(C)[C@@H]1CCC2O. The number of phenols is 1. The van der Waals surface area contributed by atoms with E-state index in [1.165, 1.54) is 30.4 Å². The highest BCUT2D eigenvalue weighted by atomic mass is 16.3. The topological polar surface area (TPSA) is 40.5 Å². The molecule has 114 valence electrons. The van der Waals surface area contributed by atoms with Crippen LogP contribution in [0.15, 0.2) is 18.2 Å². The smallest absolute Gasteiger partial charge is 0.115 e. The van der Waals surface area contributed by atoms with E-state index in [-0.39, 0.29) is 11.5 Å². The van der Waals surface area contributed by atoms with Gasteiger partial charge in [0.25, 0.3) is 0 Å². The van der Waals surface area contributed by atoms with Gasteiger partial charge in [0.15, 0.2) is 0 Å². The van der Waals surface area contributed by atoms with Crippen molar-refractivity contribution < 1.29 is 10.2 Å². The second kappa shape index (κ2) is 4.25. The first-order chi connectivity index (χ1) is 9.95. The fourth-order valence-electron chi connectivity index (χ4n) is 6.08. The Hall–Kier alpha value is -1.02. The van der Waals surface area contributed by atoms with E-state index < -0.39 is 0 Å². The number of phenolic OH excluding ortho intramolecular Hbond substituents is 1. The van der Waals surface area contributed by atoms with Crippen molar-refractivity contribution in [3.05, 3.63) is 29.3 Å². The van der Waals surface area contributed by atoms with Gasteiger partial charge in [0, 0.05) is 0 Å². The van der Waals surface area contributed by atoms with Gasteiger partial charge in [-0.3, -0.25) is 0 Å². The van der Waals surface area contributed by atoms with Crippen molar-refractivity contribution in [1.82, 2.24) is 0 Å². The Morgan fingerprint density at radius 3 is 2.67 bits per heavy atom. The van der Waals surface area contributed by atoms with Crippen LogP contribution in [0.1, 0.15) is 63.0 Å². The Balaban J connectivity index is 1.78. The Morgan fingerprint density at radius 1 is 1.05 bits per heavy atom. The van der Waals surface area contributed by atoms with E-state index in [2.05, 4.69) is 19.9 Å². The average Bonchev–Trinajstić information content (AvgIpc) is 2.75. The van der Waals surface area contributed by atoms with Crippen LogP contribution in [0.5, 0.6) is 5.75 Å². The van der Waals surface area contributed by atoms with Crippen molar-refractivity contribution in [2.75, 3.05) is 0 Å². The van der Waals surface area contributed by atoms with Crippen LogP contribution in [0, 0.1) is 16.7 Å². The molecule has 4 rings (SSSR count). The van der Waals surface area contributed by atoms with Crippen molar-refractivity contribution in [2.24, 2.45) is 16.7 Å². The Labute approximate surface area is 127 Å². The van der Waals surface area contributed by atoms with Crippen molar-refractivity contribution in [1.29, 1.82) is 0 Å². The summed E-state index contributed by atoms with van der Waals surface area (Å²) < 4.78 is 0. The highest BCUT2D eigenvalue weighted by Gasteiger charge is 2.59. The van der Waals surface area contributed by atoms with Gasteiger partial charge in [-0.1, -0.05) is 19.9 Å². The van der Waals surface area contributed by atoms with E-state index in [4.69, 9.17) is 0 Å². The van der Waals surface area contributed by atoms with Gasteiger partial charge in [0.1, 0.15) is 5.75 Å². The first-order valence-electron chi connectivity index (χ1n) is 8.45. The number of aryl methyl sites for hydroxylation is 1. The molecule has 3 aliphatic rings. The zero-order valence-electron chi connectivity index (χ0n) is 13.1. The van der Waals surface area contributed by atoms with Gasteiger partial charge in [-0.15, -0.1) is 0 Å². The molecule has 1 aromatic carbocycles. The lowest BCUT2D eigenvalue weighted by Crippen LogP contribution is -2.50. The molecule has 5 atom stereocenters. The molecule has 1 aromatic rings. The van der Waals surface area contributed by atoms with E-state index >= 15 is 0 Å². The lowest BCUT2D eigenvalue weighted by molar-refractivity contribution is -0.0666. The second-order valence-corrected chi connectivity index (χ2v) is 8.13. The monoisotopic (exact) mass is 286 g/mol. The lowest BCUT2D eigenvalue weighted by Gasteiger charge is -2.57. The summed E-state index contributed by atoms with van der Waals surface area (Å²) in [6.07, 6.45) is 6.63. The zero-order chi connectivity index (χ0) is 14.8. The third kappa shape index (κ3) is 1.69. The third-order valence-corrected chi connectivity index (χ3v) is 7.28. The maximum absolute atomic E-state index is 10.5. The Kier molecular flexibility index (Phi) is 2.76. The molecule has 2 N–H and O–H groups in total. The van der Waals surface area contributed by atoms with Crippen LogP contribution in [0.2, 0.25) is 0 Å². The molecule has 0 radical (unpaired) electrons. The number of hydrogen-bond donors (Lipinski definition) is 2. The fraction of sp³-hybridized carbons (Fsp3) is 0.684. The van der Waals surface area contributed by atoms with E-state index in [9.17, 15) is 10.2 Å². The van der Waals surface area contributed by atoms with E-state index in [0.29, 0.717) is 23.0 Å². The van der Waals surface area contributed by atoms with Gasteiger partial charge in [0.2, 0.25) is 0 Å². The van der Waals surface area contributed by atoms with Crippen molar-refractivity contribution in [3.8, 4) is 5.75 Å². The Morgan fingerprint density at radius 2 is 1.86 bits per heavy atom. The molecule has 3 aliphatic carbocycles. The molecule has 0 spiro atoms. The van der Waals surface area contributed by atoms with Crippen LogP contribution in [0.25, 0.3) is 0 Å². The summed E-state index contributed by atoms with van der Waals surface area (Å²) in [7, 11) is 0. The molecule has 2 fully saturated rings. The van der Waals surface area contributed by atoms with E-state index in [1.807, 2.05) is 12.1 Å². The molecule has 2 nitrogen and oxygen atoms in total. The number of aromatic hydroxyl groups is 1. The summed E-state index contributed by atoms with van der Waals surface area (Å²) >= 11 is 0. The minimum atomic E-state index is -0.110. The largest absolute Gasteiger partial charge is 0.508 e. The third-order valence-electron chi connectivity index (χ3n) is 7.28. The predicted molar refractivity (Wildman–Crippen MR) is 83.3 cm³/mol. The molecule has 21 heavy (non-hydrogen) atoms. The highest BCUT2D eigenvalue weighted by molar-refractivity contribution is 5.41.